The quantitative estimate of drug-likeness (QED) is 0.629. The van der Waals surface area contributed by atoms with Gasteiger partial charge in [0.1, 0.15) is 0 Å². The maximum Gasteiger partial charge on any atom is 0.375 e. The average Bonchev–Trinajstić information content (AvgIpc) is 2.03. The highest BCUT2D eigenvalue weighted by molar-refractivity contribution is 5.75. The lowest BCUT2D eigenvalue weighted by Gasteiger charge is -2.20. The van der Waals surface area contributed by atoms with Crippen LogP contribution < -0.4 is 0 Å². The van der Waals surface area contributed by atoms with Crippen molar-refractivity contribution in [2.45, 2.75) is 12.3 Å². The van der Waals surface area contributed by atoms with Crippen LogP contribution in [0.1, 0.15) is 6.42 Å². The molecule has 0 rings (SSSR count). The van der Waals surface area contributed by atoms with E-state index in [-0.39, 0.29) is 0 Å². The number of hydrogen-bond acceptors (Lipinski definition) is 3. The molecule has 0 fully saturated rings. The number of aliphatic carboxylic acids is 1. The molecule has 4 nitrogen and oxygen atoms in total. The summed E-state index contributed by atoms with van der Waals surface area (Å²) in [6.45, 7) is 0.0890. The van der Waals surface area contributed by atoms with Gasteiger partial charge < -0.3 is 9.84 Å². The fourth-order valence-corrected chi connectivity index (χ4v) is 0.964. The van der Waals surface area contributed by atoms with E-state index in [1.54, 1.807) is 0 Å². The summed E-state index contributed by atoms with van der Waals surface area (Å²) < 4.78 is 30.0. The molecule has 0 radical (unpaired) electrons. The highest BCUT2D eigenvalue weighted by atomic mass is 19.3. The summed E-state index contributed by atoms with van der Waals surface area (Å²) in [5.41, 5.74) is 0. The van der Waals surface area contributed by atoms with Crippen molar-refractivity contribution in [2.24, 2.45) is 0 Å². The molecule has 6 heteroatoms. The maximum atomic E-state index is 12.6. The molecule has 84 valence electrons. The van der Waals surface area contributed by atoms with Crippen LogP contribution in [0.5, 0.6) is 0 Å². The lowest BCUT2D eigenvalue weighted by Crippen LogP contribution is -2.41. The molecule has 0 bridgehead atoms. The lowest BCUT2D eigenvalue weighted by molar-refractivity contribution is -0.167. The fourth-order valence-electron chi connectivity index (χ4n) is 0.964. The lowest BCUT2D eigenvalue weighted by atomic mass is 10.3. The van der Waals surface area contributed by atoms with Crippen LogP contribution in [-0.4, -0.2) is 55.8 Å². The monoisotopic (exact) mass is 211 g/mol. The van der Waals surface area contributed by atoms with Gasteiger partial charge >= 0.3 is 11.9 Å². The van der Waals surface area contributed by atoms with E-state index in [0.29, 0.717) is 19.6 Å². The highest BCUT2D eigenvalue weighted by Gasteiger charge is 2.39. The van der Waals surface area contributed by atoms with Gasteiger partial charge in [-0.1, -0.05) is 0 Å². The van der Waals surface area contributed by atoms with Crippen LogP contribution in [0.4, 0.5) is 8.78 Å². The molecule has 0 amide bonds. The van der Waals surface area contributed by atoms with Crippen LogP contribution in [0.15, 0.2) is 0 Å². The van der Waals surface area contributed by atoms with Crippen LogP contribution in [0.3, 0.4) is 0 Å². The normalized spacial score (nSPS) is 12.1. The Morgan fingerprint density at radius 3 is 2.57 bits per heavy atom. The van der Waals surface area contributed by atoms with E-state index >= 15 is 0 Å². The molecule has 0 aliphatic rings. The number of nitrogens with zero attached hydrogens (tertiary/aromatic N) is 1. The summed E-state index contributed by atoms with van der Waals surface area (Å²) in [5.74, 6) is -5.77. The van der Waals surface area contributed by atoms with Crippen LogP contribution in [-0.2, 0) is 9.53 Å². The van der Waals surface area contributed by atoms with Crippen molar-refractivity contribution >= 4 is 5.97 Å². The van der Waals surface area contributed by atoms with E-state index < -0.39 is 18.4 Å². The zero-order valence-electron chi connectivity index (χ0n) is 8.30. The number of hydrogen-bond donors (Lipinski definition) is 1. The third-order valence-corrected chi connectivity index (χ3v) is 1.67. The van der Waals surface area contributed by atoms with Gasteiger partial charge in [-0.05, 0) is 13.5 Å². The van der Waals surface area contributed by atoms with Gasteiger partial charge in [0.15, 0.2) is 0 Å². The van der Waals surface area contributed by atoms with Gasteiger partial charge in [0.05, 0.1) is 6.54 Å². The number of carboxylic acids is 1. The molecule has 0 aliphatic heterocycles. The molecular weight excluding hydrogens is 196 g/mol. The molecule has 0 aliphatic carbocycles. The zero-order valence-corrected chi connectivity index (χ0v) is 8.30. The third kappa shape index (κ3) is 5.08. The van der Waals surface area contributed by atoms with E-state index in [4.69, 9.17) is 9.84 Å². The molecule has 0 saturated carbocycles. The van der Waals surface area contributed by atoms with Gasteiger partial charge in [-0.15, -0.1) is 0 Å². The maximum absolute atomic E-state index is 12.6. The molecule has 0 aromatic rings. The zero-order chi connectivity index (χ0) is 11.2. The second kappa shape index (κ2) is 5.87. The standard InChI is InChI=1S/C8H15F2NO3/c1-11(4-3-5-14-2)6-8(9,10)7(12)13/h3-6H2,1-2H3,(H,12,13). The first-order valence-electron chi connectivity index (χ1n) is 4.19. The van der Waals surface area contributed by atoms with Crippen molar-refractivity contribution in [2.75, 3.05) is 33.9 Å². The first-order chi connectivity index (χ1) is 6.40. The van der Waals surface area contributed by atoms with Crippen molar-refractivity contribution in [1.29, 1.82) is 0 Å². The Balaban J connectivity index is 3.81. The average molecular weight is 211 g/mol. The number of ether oxygens (including phenoxy) is 1. The molecule has 0 unspecified atom stereocenters. The second-order valence-corrected chi connectivity index (χ2v) is 3.09. The van der Waals surface area contributed by atoms with E-state index in [1.807, 2.05) is 0 Å². The smallest absolute Gasteiger partial charge is 0.375 e. The largest absolute Gasteiger partial charge is 0.477 e. The molecule has 0 aromatic carbocycles. The van der Waals surface area contributed by atoms with Crippen LogP contribution in [0.25, 0.3) is 0 Å². The topological polar surface area (TPSA) is 49.8 Å². The van der Waals surface area contributed by atoms with E-state index in [1.165, 1.54) is 19.1 Å². The second-order valence-electron chi connectivity index (χ2n) is 3.09. The molecule has 0 spiro atoms. The predicted molar refractivity (Wildman–Crippen MR) is 46.6 cm³/mol. The number of alkyl halides is 2. The van der Waals surface area contributed by atoms with Crippen LogP contribution in [0, 0.1) is 0 Å². The van der Waals surface area contributed by atoms with Crippen molar-refractivity contribution in [3.8, 4) is 0 Å². The number of halogens is 2. The minimum Gasteiger partial charge on any atom is -0.477 e. The van der Waals surface area contributed by atoms with Crippen molar-refractivity contribution < 1.29 is 23.4 Å². The molecule has 1 N–H and O–H groups in total. The fraction of sp³-hybridized carbons (Fsp3) is 0.875. The van der Waals surface area contributed by atoms with Gasteiger partial charge in [-0.25, -0.2) is 4.79 Å². The van der Waals surface area contributed by atoms with Crippen LogP contribution in [0.2, 0.25) is 0 Å². The molecule has 0 saturated heterocycles. The van der Waals surface area contributed by atoms with Crippen molar-refractivity contribution in [1.82, 2.24) is 4.90 Å². The van der Waals surface area contributed by atoms with Crippen molar-refractivity contribution in [3.63, 3.8) is 0 Å². The van der Waals surface area contributed by atoms with Gasteiger partial charge in [0.25, 0.3) is 0 Å². The molecule has 0 atom stereocenters. The Bertz CT molecular complexity index is 187. The third-order valence-electron chi connectivity index (χ3n) is 1.67. The Hall–Kier alpha value is -0.750. The first-order valence-corrected chi connectivity index (χ1v) is 4.19. The van der Waals surface area contributed by atoms with Gasteiger partial charge in [0, 0.05) is 20.3 Å². The first kappa shape index (κ1) is 13.2. The Morgan fingerprint density at radius 2 is 2.14 bits per heavy atom. The predicted octanol–water partition coefficient (Wildman–Crippen LogP) is 0.675. The summed E-state index contributed by atoms with van der Waals surface area (Å²) in [6, 6.07) is 0. The SMILES string of the molecule is COCCCN(C)CC(F)(F)C(=O)O. The molecular formula is C8H15F2NO3. The summed E-state index contributed by atoms with van der Waals surface area (Å²) in [7, 11) is 2.97. The highest BCUT2D eigenvalue weighted by Crippen LogP contribution is 2.14. The van der Waals surface area contributed by atoms with Crippen molar-refractivity contribution in [3.05, 3.63) is 0 Å². The summed E-state index contributed by atoms with van der Waals surface area (Å²) in [5, 5.41) is 8.16. The summed E-state index contributed by atoms with van der Waals surface area (Å²) in [4.78, 5) is 11.4. The summed E-state index contributed by atoms with van der Waals surface area (Å²) >= 11 is 0. The minimum absolute atomic E-state index is 0.386. The van der Waals surface area contributed by atoms with Gasteiger partial charge in [0.2, 0.25) is 0 Å². The Labute approximate surface area is 81.5 Å². The van der Waals surface area contributed by atoms with E-state index in [2.05, 4.69) is 0 Å². The summed E-state index contributed by atoms with van der Waals surface area (Å²) in [6.07, 6.45) is 0.600. The van der Waals surface area contributed by atoms with Gasteiger partial charge in [-0.2, -0.15) is 8.78 Å². The Morgan fingerprint density at radius 1 is 1.57 bits per heavy atom. The van der Waals surface area contributed by atoms with Gasteiger partial charge in [-0.3, -0.25) is 4.90 Å². The molecule has 0 aromatic heterocycles. The Kier molecular flexibility index (Phi) is 5.56. The van der Waals surface area contributed by atoms with Crippen LogP contribution >= 0.6 is 0 Å². The number of carbonyl (C=O) groups is 1. The van der Waals surface area contributed by atoms with E-state index in [9.17, 15) is 13.6 Å². The minimum atomic E-state index is -3.68. The number of carboxylic acid groups (broad SMARTS) is 1. The van der Waals surface area contributed by atoms with E-state index in [0.717, 1.165) is 0 Å². The number of rotatable bonds is 7. The molecule has 14 heavy (non-hydrogen) atoms. The molecule has 0 heterocycles. The number of methoxy groups -OCH3 is 1.